The lowest BCUT2D eigenvalue weighted by molar-refractivity contribution is 0.0663. The molecule has 0 aromatic carbocycles. The lowest BCUT2D eigenvalue weighted by Gasteiger charge is -2.32. The number of hydrogen-bond acceptors (Lipinski definition) is 6. The third-order valence-electron chi connectivity index (χ3n) is 4.50. The molecule has 1 saturated heterocycles. The third kappa shape index (κ3) is 4.51. The molecule has 3 rings (SSSR count). The van der Waals surface area contributed by atoms with E-state index in [4.69, 9.17) is 0 Å². The molecule has 0 unspecified atom stereocenters. The second kappa shape index (κ2) is 8.02. The lowest BCUT2D eigenvalue weighted by atomic mass is 10.2. The Morgan fingerprint density at radius 1 is 1.12 bits per heavy atom. The molecule has 0 radical (unpaired) electrons. The quantitative estimate of drug-likeness (QED) is 0.807. The van der Waals surface area contributed by atoms with E-state index >= 15 is 0 Å². The number of likely N-dealkylation sites (N-methyl/N-ethyl adjacent to an activating group) is 2. The van der Waals surface area contributed by atoms with Gasteiger partial charge in [0.25, 0.3) is 5.91 Å². The van der Waals surface area contributed by atoms with Gasteiger partial charge in [0.05, 0.1) is 5.56 Å². The van der Waals surface area contributed by atoms with Crippen LogP contribution in [-0.2, 0) is 6.42 Å². The molecule has 0 atom stereocenters. The first-order valence-corrected chi connectivity index (χ1v) is 8.53. The Balaban J connectivity index is 1.56. The van der Waals surface area contributed by atoms with E-state index in [0.29, 0.717) is 11.5 Å². The summed E-state index contributed by atoms with van der Waals surface area (Å²) < 4.78 is 0. The van der Waals surface area contributed by atoms with Crippen molar-refractivity contribution >= 4 is 11.9 Å². The van der Waals surface area contributed by atoms with Crippen LogP contribution >= 0.6 is 0 Å². The summed E-state index contributed by atoms with van der Waals surface area (Å²) in [5.41, 5.74) is 1.78. The van der Waals surface area contributed by atoms with Gasteiger partial charge in [-0.05, 0) is 31.2 Å². The van der Waals surface area contributed by atoms with Gasteiger partial charge in [-0.1, -0.05) is 0 Å². The zero-order valence-electron chi connectivity index (χ0n) is 14.8. The highest BCUT2D eigenvalue weighted by atomic mass is 16.2. The summed E-state index contributed by atoms with van der Waals surface area (Å²) in [4.78, 5) is 31.3. The van der Waals surface area contributed by atoms with Crippen LogP contribution in [0.15, 0.2) is 36.9 Å². The van der Waals surface area contributed by atoms with E-state index < -0.39 is 0 Å². The molecule has 2 aromatic heterocycles. The fourth-order valence-electron chi connectivity index (χ4n) is 2.77. The Hall–Kier alpha value is -2.54. The molecule has 3 heterocycles. The molecule has 1 aliphatic heterocycles. The van der Waals surface area contributed by atoms with Gasteiger partial charge in [0.1, 0.15) is 0 Å². The van der Waals surface area contributed by atoms with E-state index in [1.165, 1.54) is 5.56 Å². The molecule has 7 heteroatoms. The molecular formula is C18H24N6O. The van der Waals surface area contributed by atoms with E-state index in [0.717, 1.165) is 39.1 Å². The van der Waals surface area contributed by atoms with Gasteiger partial charge in [-0.3, -0.25) is 9.78 Å². The number of hydrogen-bond donors (Lipinski definition) is 0. The van der Waals surface area contributed by atoms with Crippen molar-refractivity contribution in [1.82, 2.24) is 24.8 Å². The predicted octanol–water partition coefficient (Wildman–Crippen LogP) is 0.938. The Labute approximate surface area is 148 Å². The van der Waals surface area contributed by atoms with Crippen molar-refractivity contribution < 1.29 is 4.79 Å². The fourth-order valence-corrected chi connectivity index (χ4v) is 2.77. The third-order valence-corrected chi connectivity index (χ3v) is 4.50. The molecule has 0 aliphatic carbocycles. The minimum atomic E-state index is 0.0130. The average molecular weight is 340 g/mol. The van der Waals surface area contributed by atoms with Crippen LogP contribution in [0, 0.1) is 0 Å². The Morgan fingerprint density at radius 3 is 2.40 bits per heavy atom. The zero-order chi connectivity index (χ0) is 17.6. The molecule has 2 aromatic rings. The van der Waals surface area contributed by atoms with Gasteiger partial charge in [-0.25, -0.2) is 9.97 Å². The number of pyridine rings is 1. The number of rotatable bonds is 5. The lowest BCUT2D eigenvalue weighted by Crippen LogP contribution is -2.47. The number of anilines is 1. The van der Waals surface area contributed by atoms with Crippen molar-refractivity contribution in [3.05, 3.63) is 48.0 Å². The van der Waals surface area contributed by atoms with Crippen LogP contribution in [0.4, 0.5) is 5.95 Å². The maximum Gasteiger partial charge on any atom is 0.257 e. The first kappa shape index (κ1) is 17.3. The monoisotopic (exact) mass is 340 g/mol. The molecule has 1 amide bonds. The molecule has 1 aliphatic rings. The number of carbonyl (C=O) groups is 1. The van der Waals surface area contributed by atoms with Crippen LogP contribution in [0.5, 0.6) is 0 Å². The summed E-state index contributed by atoms with van der Waals surface area (Å²) in [7, 11) is 4.03. The fraction of sp³-hybridized carbons (Fsp3) is 0.444. The van der Waals surface area contributed by atoms with Crippen LogP contribution in [0.3, 0.4) is 0 Å². The van der Waals surface area contributed by atoms with Gasteiger partial charge >= 0.3 is 0 Å². The summed E-state index contributed by atoms with van der Waals surface area (Å²) in [6, 6.07) is 4.01. The number of nitrogens with zero attached hydrogens (tertiary/aromatic N) is 6. The highest BCUT2D eigenvalue weighted by Crippen LogP contribution is 2.10. The Morgan fingerprint density at radius 2 is 1.76 bits per heavy atom. The Bertz CT molecular complexity index is 682. The smallest absolute Gasteiger partial charge is 0.257 e. The number of piperazine rings is 1. The van der Waals surface area contributed by atoms with Crippen molar-refractivity contribution in [2.45, 2.75) is 6.42 Å². The Kier molecular flexibility index (Phi) is 5.55. The predicted molar refractivity (Wildman–Crippen MR) is 96.6 cm³/mol. The van der Waals surface area contributed by atoms with E-state index in [1.807, 2.05) is 29.0 Å². The number of carbonyl (C=O) groups excluding carboxylic acids is 1. The minimum absolute atomic E-state index is 0.0130. The minimum Gasteiger partial charge on any atom is -0.344 e. The van der Waals surface area contributed by atoms with Crippen LogP contribution < -0.4 is 4.90 Å². The summed E-state index contributed by atoms with van der Waals surface area (Å²) in [5, 5.41) is 0. The van der Waals surface area contributed by atoms with Crippen LogP contribution in [-0.4, -0.2) is 77.5 Å². The maximum atomic E-state index is 12.5. The second-order valence-corrected chi connectivity index (χ2v) is 6.39. The molecular weight excluding hydrogens is 316 g/mol. The molecule has 7 nitrogen and oxygen atoms in total. The molecule has 25 heavy (non-hydrogen) atoms. The summed E-state index contributed by atoms with van der Waals surface area (Å²) in [6.07, 6.45) is 7.75. The van der Waals surface area contributed by atoms with Crippen molar-refractivity contribution in [3.8, 4) is 0 Å². The van der Waals surface area contributed by atoms with E-state index in [9.17, 15) is 4.79 Å². The van der Waals surface area contributed by atoms with Crippen molar-refractivity contribution in [1.29, 1.82) is 0 Å². The first-order chi connectivity index (χ1) is 12.1. The van der Waals surface area contributed by atoms with Crippen LogP contribution in [0.25, 0.3) is 0 Å². The highest BCUT2D eigenvalue weighted by Gasteiger charge is 2.21. The van der Waals surface area contributed by atoms with E-state index in [-0.39, 0.29) is 5.91 Å². The standard InChI is InChI=1S/C18H24N6O/c1-22-9-11-24(12-10-22)17(25)16-13-20-18(21-14-16)23(2)8-5-15-3-6-19-7-4-15/h3-4,6-7,13-14H,5,8-12H2,1-2H3. The van der Waals surface area contributed by atoms with Gasteiger partial charge < -0.3 is 14.7 Å². The maximum absolute atomic E-state index is 12.5. The largest absolute Gasteiger partial charge is 0.344 e. The molecule has 1 fully saturated rings. The summed E-state index contributed by atoms with van der Waals surface area (Å²) in [6.45, 7) is 4.12. The highest BCUT2D eigenvalue weighted by molar-refractivity contribution is 5.93. The number of amides is 1. The second-order valence-electron chi connectivity index (χ2n) is 6.39. The van der Waals surface area contributed by atoms with E-state index in [2.05, 4.69) is 26.9 Å². The van der Waals surface area contributed by atoms with E-state index in [1.54, 1.807) is 24.8 Å². The first-order valence-electron chi connectivity index (χ1n) is 8.53. The zero-order valence-corrected chi connectivity index (χ0v) is 14.8. The average Bonchev–Trinajstić information content (AvgIpc) is 2.67. The normalized spacial score (nSPS) is 15.2. The van der Waals surface area contributed by atoms with Gasteiger partial charge in [0.2, 0.25) is 5.95 Å². The van der Waals surface area contributed by atoms with Crippen molar-refractivity contribution in [2.75, 3.05) is 51.7 Å². The molecule has 0 saturated carbocycles. The van der Waals surface area contributed by atoms with Gasteiger partial charge in [0, 0.05) is 64.6 Å². The molecule has 132 valence electrons. The van der Waals surface area contributed by atoms with Gasteiger partial charge in [-0.15, -0.1) is 0 Å². The summed E-state index contributed by atoms with van der Waals surface area (Å²) in [5.74, 6) is 0.642. The van der Waals surface area contributed by atoms with Gasteiger partial charge in [0.15, 0.2) is 0 Å². The topological polar surface area (TPSA) is 65.5 Å². The van der Waals surface area contributed by atoms with Crippen LogP contribution in [0.1, 0.15) is 15.9 Å². The SMILES string of the molecule is CN1CCN(C(=O)c2cnc(N(C)CCc3ccncc3)nc2)CC1. The number of aromatic nitrogens is 3. The molecule has 0 N–H and O–H groups in total. The van der Waals surface area contributed by atoms with Gasteiger partial charge in [-0.2, -0.15) is 0 Å². The molecule has 0 spiro atoms. The molecule has 0 bridgehead atoms. The van der Waals surface area contributed by atoms with Crippen molar-refractivity contribution in [2.24, 2.45) is 0 Å². The van der Waals surface area contributed by atoms with Crippen molar-refractivity contribution in [3.63, 3.8) is 0 Å². The summed E-state index contributed by atoms with van der Waals surface area (Å²) >= 11 is 0. The van der Waals surface area contributed by atoms with Crippen LogP contribution in [0.2, 0.25) is 0 Å².